The van der Waals surface area contributed by atoms with Crippen molar-refractivity contribution < 1.29 is 4.74 Å². The van der Waals surface area contributed by atoms with Gasteiger partial charge in [-0.2, -0.15) is 0 Å². The minimum Gasteiger partial charge on any atom is -0.495 e. The third-order valence-corrected chi connectivity index (χ3v) is 4.59. The molecule has 0 amide bonds. The number of methoxy groups -OCH3 is 1. The number of rotatable bonds is 3. The number of para-hydroxylation sites is 2. The minimum atomic E-state index is -0.577. The number of hydrogen-bond donors (Lipinski definition) is 2. The molecule has 1 aromatic heterocycles. The van der Waals surface area contributed by atoms with E-state index in [1.165, 1.54) is 10.6 Å². The Balaban J connectivity index is 1.80. The van der Waals surface area contributed by atoms with Crippen LogP contribution < -0.4 is 20.9 Å². The summed E-state index contributed by atoms with van der Waals surface area (Å²) in [5.74, 6) is 1.55. The van der Waals surface area contributed by atoms with Crippen LogP contribution in [0.2, 0.25) is 5.02 Å². The van der Waals surface area contributed by atoms with Gasteiger partial charge in [-0.25, -0.2) is 9.98 Å². The number of fused-ring (bicyclic) bond motifs is 1. The van der Waals surface area contributed by atoms with Gasteiger partial charge in [0.05, 0.1) is 12.8 Å². The van der Waals surface area contributed by atoms with Crippen LogP contribution in [0.5, 0.6) is 5.75 Å². The van der Waals surface area contributed by atoms with Crippen LogP contribution in [0.15, 0.2) is 64.4 Å². The summed E-state index contributed by atoms with van der Waals surface area (Å²) in [7, 11) is 1.60. The van der Waals surface area contributed by atoms with Gasteiger partial charge in [-0.15, -0.1) is 0 Å². The normalized spacial score (nSPS) is 15.2. The molecule has 142 valence electrons. The molecule has 0 saturated heterocycles. The van der Waals surface area contributed by atoms with Crippen LogP contribution in [0.25, 0.3) is 0 Å². The van der Waals surface area contributed by atoms with Gasteiger partial charge in [0.2, 0.25) is 11.9 Å². The van der Waals surface area contributed by atoms with Gasteiger partial charge >= 0.3 is 0 Å². The zero-order valence-corrected chi connectivity index (χ0v) is 16.1. The molecule has 0 aliphatic carbocycles. The Morgan fingerprint density at radius 2 is 1.93 bits per heavy atom. The van der Waals surface area contributed by atoms with Crippen LogP contribution in [0.3, 0.4) is 0 Å². The van der Waals surface area contributed by atoms with Crippen molar-refractivity contribution >= 4 is 29.2 Å². The van der Waals surface area contributed by atoms with Crippen molar-refractivity contribution in [1.29, 1.82) is 0 Å². The summed E-state index contributed by atoms with van der Waals surface area (Å²) in [6.45, 7) is 1.78. The lowest BCUT2D eigenvalue weighted by Crippen LogP contribution is -2.37. The third-order valence-electron chi connectivity index (χ3n) is 4.33. The summed E-state index contributed by atoms with van der Waals surface area (Å²) in [4.78, 5) is 21.8. The fourth-order valence-electron chi connectivity index (χ4n) is 3.05. The highest BCUT2D eigenvalue weighted by atomic mass is 35.5. The number of nitrogens with one attached hydrogen (secondary N) is 2. The van der Waals surface area contributed by atoms with Crippen molar-refractivity contribution in [2.45, 2.75) is 13.1 Å². The van der Waals surface area contributed by atoms with Crippen LogP contribution >= 0.6 is 11.6 Å². The van der Waals surface area contributed by atoms with Gasteiger partial charge in [-0.1, -0.05) is 35.9 Å². The summed E-state index contributed by atoms with van der Waals surface area (Å²) >= 11 is 6.02. The molecule has 3 aromatic rings. The summed E-state index contributed by atoms with van der Waals surface area (Å²) in [6, 6.07) is 16.2. The molecule has 0 bridgehead atoms. The lowest BCUT2D eigenvalue weighted by Gasteiger charge is -2.27. The van der Waals surface area contributed by atoms with E-state index in [0.29, 0.717) is 28.4 Å². The van der Waals surface area contributed by atoms with Crippen molar-refractivity contribution in [3.63, 3.8) is 0 Å². The van der Waals surface area contributed by atoms with Crippen LogP contribution in [0, 0.1) is 6.92 Å². The van der Waals surface area contributed by atoms with Gasteiger partial charge in [0.25, 0.3) is 5.56 Å². The van der Waals surface area contributed by atoms with Crippen molar-refractivity contribution in [1.82, 2.24) is 9.55 Å². The first kappa shape index (κ1) is 18.1. The van der Waals surface area contributed by atoms with Crippen LogP contribution in [0.1, 0.15) is 17.4 Å². The molecule has 28 heavy (non-hydrogen) atoms. The average molecular weight is 396 g/mol. The number of aryl methyl sites for hydroxylation is 1. The maximum Gasteiger partial charge on any atom is 0.257 e. The summed E-state index contributed by atoms with van der Waals surface area (Å²) < 4.78 is 6.91. The number of aliphatic imine (C=N–C) groups is 1. The number of anilines is 2. The van der Waals surface area contributed by atoms with E-state index < -0.39 is 6.17 Å². The predicted octanol–water partition coefficient (Wildman–Crippen LogP) is 3.65. The van der Waals surface area contributed by atoms with Crippen molar-refractivity contribution in [3.8, 4) is 5.75 Å². The first-order valence-electron chi connectivity index (χ1n) is 8.65. The first-order valence-corrected chi connectivity index (χ1v) is 9.03. The van der Waals surface area contributed by atoms with E-state index in [1.54, 1.807) is 26.2 Å². The number of guanidine groups is 1. The topological polar surface area (TPSA) is 80.5 Å². The first-order chi connectivity index (χ1) is 13.5. The molecule has 7 nitrogen and oxygen atoms in total. The molecule has 0 spiro atoms. The van der Waals surface area contributed by atoms with Gasteiger partial charge in [-0.3, -0.25) is 14.7 Å². The Kier molecular flexibility index (Phi) is 4.75. The van der Waals surface area contributed by atoms with E-state index in [9.17, 15) is 4.79 Å². The van der Waals surface area contributed by atoms with E-state index in [0.717, 1.165) is 11.3 Å². The number of ether oxygens (including phenoxy) is 1. The molecule has 1 atom stereocenters. The molecule has 2 aromatic carbocycles. The van der Waals surface area contributed by atoms with E-state index in [-0.39, 0.29) is 5.56 Å². The maximum absolute atomic E-state index is 12.6. The fraction of sp³-hybridized carbons (Fsp3) is 0.150. The number of halogens is 1. The van der Waals surface area contributed by atoms with Gasteiger partial charge in [-0.05, 0) is 36.8 Å². The third kappa shape index (κ3) is 3.44. The van der Waals surface area contributed by atoms with E-state index >= 15 is 0 Å². The average Bonchev–Trinajstić information content (AvgIpc) is 2.68. The highest BCUT2D eigenvalue weighted by Crippen LogP contribution is 2.28. The summed E-state index contributed by atoms with van der Waals surface area (Å²) in [6.07, 6.45) is -0.577. The molecular formula is C20H18ClN5O2. The number of benzene rings is 2. The molecule has 1 aliphatic rings. The molecular weight excluding hydrogens is 378 g/mol. The number of aromatic nitrogens is 2. The van der Waals surface area contributed by atoms with Gasteiger partial charge in [0.15, 0.2) is 6.17 Å². The zero-order chi connectivity index (χ0) is 19.7. The second kappa shape index (κ2) is 7.36. The fourth-order valence-corrected chi connectivity index (χ4v) is 3.17. The molecule has 2 N–H and O–H groups in total. The molecule has 2 heterocycles. The highest BCUT2D eigenvalue weighted by Gasteiger charge is 2.25. The largest absolute Gasteiger partial charge is 0.495 e. The van der Waals surface area contributed by atoms with Crippen molar-refractivity contribution in [2.24, 2.45) is 4.99 Å². The summed E-state index contributed by atoms with van der Waals surface area (Å²) in [5, 5.41) is 6.94. The highest BCUT2D eigenvalue weighted by molar-refractivity contribution is 6.30. The zero-order valence-electron chi connectivity index (χ0n) is 15.3. The van der Waals surface area contributed by atoms with E-state index in [1.807, 2.05) is 36.4 Å². The van der Waals surface area contributed by atoms with Gasteiger partial charge in [0, 0.05) is 16.8 Å². The van der Waals surface area contributed by atoms with Crippen LogP contribution in [-0.4, -0.2) is 22.6 Å². The quantitative estimate of drug-likeness (QED) is 0.707. The monoisotopic (exact) mass is 395 g/mol. The molecule has 0 unspecified atom stereocenters. The van der Waals surface area contributed by atoms with Crippen LogP contribution in [-0.2, 0) is 0 Å². The van der Waals surface area contributed by atoms with Gasteiger partial charge < -0.3 is 10.1 Å². The molecule has 0 radical (unpaired) electrons. The number of hydrogen-bond acceptors (Lipinski definition) is 6. The standard InChI is InChI=1S/C20H18ClN5O2/c1-12-11-17(27)26-18(13-7-9-14(21)10-8-13)24-19(25-20(26)22-12)23-15-5-3-4-6-16(15)28-2/h3-11,18H,1-2H3,(H2,22,23,24,25)/t18-/m0/s1. The summed E-state index contributed by atoms with van der Waals surface area (Å²) in [5.41, 5.74) is 2.00. The van der Waals surface area contributed by atoms with Crippen molar-refractivity contribution in [2.75, 3.05) is 17.7 Å². The van der Waals surface area contributed by atoms with Gasteiger partial charge in [0.1, 0.15) is 5.75 Å². The molecule has 1 aliphatic heterocycles. The Bertz CT molecular complexity index is 1110. The Morgan fingerprint density at radius 1 is 1.18 bits per heavy atom. The smallest absolute Gasteiger partial charge is 0.257 e. The second-order valence-electron chi connectivity index (χ2n) is 6.28. The second-order valence-corrected chi connectivity index (χ2v) is 6.72. The lowest BCUT2D eigenvalue weighted by atomic mass is 10.1. The van der Waals surface area contributed by atoms with Crippen LogP contribution in [0.4, 0.5) is 11.6 Å². The molecule has 0 fully saturated rings. The lowest BCUT2D eigenvalue weighted by molar-refractivity contribution is 0.417. The molecule has 8 heteroatoms. The predicted molar refractivity (Wildman–Crippen MR) is 110 cm³/mol. The van der Waals surface area contributed by atoms with Crippen molar-refractivity contribution in [3.05, 3.63) is 81.2 Å². The Labute approximate surface area is 166 Å². The Hall–Kier alpha value is -3.32. The SMILES string of the molecule is COc1ccccc1NC1=N[C@H](c2ccc(Cl)cc2)n2c(nc(C)cc2=O)N1. The number of nitrogens with zero attached hydrogens (tertiary/aromatic N) is 3. The molecule has 4 rings (SSSR count). The maximum atomic E-state index is 12.6. The Morgan fingerprint density at radius 3 is 2.68 bits per heavy atom. The molecule has 0 saturated carbocycles. The van der Waals surface area contributed by atoms with E-state index in [4.69, 9.17) is 21.3 Å². The minimum absolute atomic E-state index is 0.185. The van der Waals surface area contributed by atoms with E-state index in [2.05, 4.69) is 15.6 Å².